The first-order valence-electron chi connectivity index (χ1n) is 5.07. The molecule has 0 bridgehead atoms. The number of halogens is 1. The minimum atomic E-state index is 0.506. The molecular weight excluding hydrogens is 238 g/mol. The van der Waals surface area contributed by atoms with Gasteiger partial charge in [-0.1, -0.05) is 17.7 Å². The second-order valence-corrected chi connectivity index (χ2v) is 3.97. The molecule has 3 aromatic heterocycles. The lowest BCUT2D eigenvalue weighted by atomic mass is 10.2. The molecule has 0 spiro atoms. The van der Waals surface area contributed by atoms with Crippen LogP contribution in [-0.2, 0) is 6.42 Å². The molecule has 0 aliphatic heterocycles. The molecule has 0 saturated carbocycles. The molecule has 0 aliphatic rings. The van der Waals surface area contributed by atoms with Gasteiger partial charge in [0.05, 0.1) is 12.4 Å². The summed E-state index contributed by atoms with van der Waals surface area (Å²) in [4.78, 5) is 8.03. The van der Waals surface area contributed by atoms with Crippen molar-refractivity contribution in [3.05, 3.63) is 53.5 Å². The van der Waals surface area contributed by atoms with Crippen LogP contribution in [0.5, 0.6) is 0 Å². The Morgan fingerprint density at radius 2 is 2.06 bits per heavy atom. The molecule has 0 saturated heterocycles. The summed E-state index contributed by atoms with van der Waals surface area (Å²) in [6.07, 6.45) is 7.38. The average molecular weight is 246 g/mol. The SMILES string of the molecule is Clc1cncc2nnc(Cc3cccnc3)n12. The van der Waals surface area contributed by atoms with Crippen molar-refractivity contribution < 1.29 is 0 Å². The lowest BCUT2D eigenvalue weighted by Crippen LogP contribution is -1.98. The second-order valence-electron chi connectivity index (χ2n) is 3.58. The fourth-order valence-electron chi connectivity index (χ4n) is 1.67. The third-order valence-corrected chi connectivity index (χ3v) is 2.69. The number of hydrogen-bond acceptors (Lipinski definition) is 4. The van der Waals surface area contributed by atoms with E-state index in [9.17, 15) is 0 Å². The van der Waals surface area contributed by atoms with E-state index in [1.807, 2.05) is 12.1 Å². The Labute approximate surface area is 102 Å². The molecule has 0 fully saturated rings. The maximum atomic E-state index is 6.07. The predicted molar refractivity (Wildman–Crippen MR) is 62.8 cm³/mol. The van der Waals surface area contributed by atoms with Gasteiger partial charge < -0.3 is 0 Å². The average Bonchev–Trinajstić information content (AvgIpc) is 2.75. The molecule has 6 heteroatoms. The van der Waals surface area contributed by atoms with Crippen LogP contribution < -0.4 is 0 Å². The molecule has 84 valence electrons. The van der Waals surface area contributed by atoms with Crippen molar-refractivity contribution in [2.45, 2.75) is 6.42 Å². The van der Waals surface area contributed by atoms with Crippen LogP contribution in [0.15, 0.2) is 36.9 Å². The highest BCUT2D eigenvalue weighted by atomic mass is 35.5. The Morgan fingerprint density at radius 1 is 1.12 bits per heavy atom. The Morgan fingerprint density at radius 3 is 2.88 bits per heavy atom. The van der Waals surface area contributed by atoms with E-state index in [2.05, 4.69) is 20.2 Å². The number of rotatable bonds is 2. The van der Waals surface area contributed by atoms with E-state index in [-0.39, 0.29) is 0 Å². The van der Waals surface area contributed by atoms with Crippen LogP contribution in [0.2, 0.25) is 5.15 Å². The van der Waals surface area contributed by atoms with Crippen LogP contribution in [0.3, 0.4) is 0 Å². The Kier molecular flexibility index (Phi) is 2.45. The smallest absolute Gasteiger partial charge is 0.180 e. The van der Waals surface area contributed by atoms with Gasteiger partial charge in [-0.25, -0.2) is 0 Å². The number of hydrogen-bond donors (Lipinski definition) is 0. The Bertz CT molecular complexity index is 649. The van der Waals surface area contributed by atoms with Gasteiger partial charge in [-0.15, -0.1) is 10.2 Å². The summed E-state index contributed by atoms with van der Waals surface area (Å²) in [5, 5.41) is 8.64. The number of aromatic nitrogens is 5. The van der Waals surface area contributed by atoms with Crippen molar-refractivity contribution in [1.29, 1.82) is 0 Å². The molecule has 3 heterocycles. The van der Waals surface area contributed by atoms with Crippen LogP contribution in [-0.4, -0.2) is 24.6 Å². The molecule has 5 nitrogen and oxygen atoms in total. The Hall–Kier alpha value is -2.01. The fourth-order valence-corrected chi connectivity index (χ4v) is 1.91. The van der Waals surface area contributed by atoms with E-state index in [4.69, 9.17) is 11.6 Å². The summed E-state index contributed by atoms with van der Waals surface area (Å²) in [7, 11) is 0. The largest absolute Gasteiger partial charge is 0.266 e. The number of pyridine rings is 1. The molecule has 3 aromatic rings. The van der Waals surface area contributed by atoms with Crippen molar-refractivity contribution in [2.75, 3.05) is 0 Å². The normalized spacial score (nSPS) is 10.9. The van der Waals surface area contributed by atoms with Crippen LogP contribution in [0.1, 0.15) is 11.4 Å². The van der Waals surface area contributed by atoms with Crippen molar-refractivity contribution >= 4 is 17.2 Å². The summed E-state index contributed by atoms with van der Waals surface area (Å²) < 4.78 is 1.78. The third-order valence-electron chi connectivity index (χ3n) is 2.42. The zero-order chi connectivity index (χ0) is 11.7. The van der Waals surface area contributed by atoms with Crippen LogP contribution in [0.4, 0.5) is 0 Å². The number of nitrogens with zero attached hydrogens (tertiary/aromatic N) is 5. The molecule has 0 N–H and O–H groups in total. The Balaban J connectivity index is 2.07. The maximum absolute atomic E-state index is 6.07. The van der Waals surface area contributed by atoms with E-state index < -0.39 is 0 Å². The summed E-state index contributed by atoms with van der Waals surface area (Å²) in [5.74, 6) is 0.778. The van der Waals surface area contributed by atoms with E-state index in [0.29, 0.717) is 17.2 Å². The minimum Gasteiger partial charge on any atom is -0.266 e. The zero-order valence-corrected chi connectivity index (χ0v) is 9.54. The van der Waals surface area contributed by atoms with Crippen molar-refractivity contribution in [3.8, 4) is 0 Å². The van der Waals surface area contributed by atoms with Gasteiger partial charge in [-0.05, 0) is 11.6 Å². The molecule has 0 aliphatic carbocycles. The van der Waals surface area contributed by atoms with E-state index in [0.717, 1.165) is 11.4 Å². The van der Waals surface area contributed by atoms with Crippen molar-refractivity contribution in [3.63, 3.8) is 0 Å². The molecule has 0 amide bonds. The molecule has 0 atom stereocenters. The van der Waals surface area contributed by atoms with E-state index >= 15 is 0 Å². The van der Waals surface area contributed by atoms with Crippen LogP contribution >= 0.6 is 11.6 Å². The highest BCUT2D eigenvalue weighted by molar-refractivity contribution is 6.29. The first kappa shape index (κ1) is 10.2. The first-order chi connectivity index (χ1) is 8.34. The third kappa shape index (κ3) is 1.85. The van der Waals surface area contributed by atoms with Gasteiger partial charge >= 0.3 is 0 Å². The maximum Gasteiger partial charge on any atom is 0.180 e. The second kappa shape index (κ2) is 4.10. The monoisotopic (exact) mass is 245 g/mol. The van der Waals surface area contributed by atoms with Crippen molar-refractivity contribution in [1.82, 2.24) is 24.6 Å². The van der Waals surface area contributed by atoms with E-state index in [1.165, 1.54) is 0 Å². The first-order valence-corrected chi connectivity index (χ1v) is 5.45. The van der Waals surface area contributed by atoms with Crippen LogP contribution in [0, 0.1) is 0 Å². The lowest BCUT2D eigenvalue weighted by Gasteiger charge is -2.01. The van der Waals surface area contributed by atoms with Gasteiger partial charge in [0, 0.05) is 18.8 Å². The summed E-state index contributed by atoms with van der Waals surface area (Å²) in [5.41, 5.74) is 1.71. The molecule has 0 radical (unpaired) electrons. The van der Waals surface area contributed by atoms with Gasteiger partial charge in [0.1, 0.15) is 11.0 Å². The highest BCUT2D eigenvalue weighted by Gasteiger charge is 2.09. The predicted octanol–water partition coefficient (Wildman–Crippen LogP) is 1.76. The molecular formula is C11H8ClN5. The highest BCUT2D eigenvalue weighted by Crippen LogP contribution is 2.14. The van der Waals surface area contributed by atoms with Gasteiger partial charge in [0.25, 0.3) is 0 Å². The van der Waals surface area contributed by atoms with Gasteiger partial charge in [-0.3, -0.25) is 14.4 Å². The zero-order valence-electron chi connectivity index (χ0n) is 8.79. The number of fused-ring (bicyclic) bond motifs is 1. The topological polar surface area (TPSA) is 56.0 Å². The molecule has 17 heavy (non-hydrogen) atoms. The molecule has 0 aromatic carbocycles. The van der Waals surface area contributed by atoms with Crippen molar-refractivity contribution in [2.24, 2.45) is 0 Å². The summed E-state index contributed by atoms with van der Waals surface area (Å²) in [6, 6.07) is 3.88. The van der Waals surface area contributed by atoms with Gasteiger partial charge in [0.15, 0.2) is 5.65 Å². The lowest BCUT2D eigenvalue weighted by molar-refractivity contribution is 0.927. The minimum absolute atomic E-state index is 0.506. The van der Waals surface area contributed by atoms with Gasteiger partial charge in [0.2, 0.25) is 0 Å². The van der Waals surface area contributed by atoms with Gasteiger partial charge in [-0.2, -0.15) is 0 Å². The summed E-state index contributed by atoms with van der Waals surface area (Å²) in [6.45, 7) is 0. The summed E-state index contributed by atoms with van der Waals surface area (Å²) >= 11 is 6.07. The van der Waals surface area contributed by atoms with E-state index in [1.54, 1.807) is 29.2 Å². The standard InChI is InChI=1S/C11H8ClN5/c12-9-6-14-7-11-16-15-10(17(9)11)4-8-2-1-3-13-5-8/h1-3,5-7H,4H2. The fraction of sp³-hybridized carbons (Fsp3) is 0.0909. The quantitative estimate of drug-likeness (QED) is 0.690. The molecule has 0 unspecified atom stereocenters. The van der Waals surface area contributed by atoms with Crippen LogP contribution in [0.25, 0.3) is 5.65 Å². The molecule has 3 rings (SSSR count).